The summed E-state index contributed by atoms with van der Waals surface area (Å²) in [5, 5.41) is 3.86. The summed E-state index contributed by atoms with van der Waals surface area (Å²) in [4.78, 5) is 15.5. The molecule has 0 amide bonds. The number of aromatic nitrogens is 2. The zero-order chi connectivity index (χ0) is 13.5. The van der Waals surface area contributed by atoms with Gasteiger partial charge in [0.1, 0.15) is 6.04 Å². The number of esters is 1. The van der Waals surface area contributed by atoms with Crippen molar-refractivity contribution in [3.63, 3.8) is 0 Å². The maximum absolute atomic E-state index is 11.3. The van der Waals surface area contributed by atoms with E-state index in [0.717, 1.165) is 0 Å². The molecule has 1 aromatic heterocycles. The van der Waals surface area contributed by atoms with Crippen LogP contribution in [0.2, 0.25) is 0 Å². The van der Waals surface area contributed by atoms with Crippen LogP contribution >= 0.6 is 11.8 Å². The lowest BCUT2D eigenvalue weighted by atomic mass is 10.2. The van der Waals surface area contributed by atoms with E-state index in [1.807, 2.05) is 13.8 Å². The zero-order valence-corrected chi connectivity index (χ0v) is 11.7. The van der Waals surface area contributed by atoms with E-state index < -0.39 is 6.04 Å². The van der Waals surface area contributed by atoms with Gasteiger partial charge >= 0.3 is 5.97 Å². The van der Waals surface area contributed by atoms with Crippen LogP contribution in [0, 0.1) is 0 Å². The monoisotopic (exact) mass is 273 g/mol. The highest BCUT2D eigenvalue weighted by Gasteiger charge is 2.15. The number of hydrogen-bond acceptors (Lipinski definition) is 7. The fourth-order valence-electron chi connectivity index (χ4n) is 1.15. The van der Waals surface area contributed by atoms with Crippen LogP contribution in [-0.2, 0) is 15.3 Å². The van der Waals surface area contributed by atoms with Gasteiger partial charge in [0.05, 0.1) is 12.4 Å². The highest BCUT2D eigenvalue weighted by molar-refractivity contribution is 7.98. The van der Waals surface area contributed by atoms with E-state index >= 15 is 0 Å². The summed E-state index contributed by atoms with van der Waals surface area (Å²) in [6.45, 7) is 6.10. The van der Waals surface area contributed by atoms with Gasteiger partial charge in [-0.15, -0.1) is 11.8 Å². The van der Waals surface area contributed by atoms with Gasteiger partial charge in [-0.2, -0.15) is 4.98 Å². The molecule has 102 valence electrons. The molecule has 0 aliphatic heterocycles. The molecule has 0 aromatic carbocycles. The molecule has 1 aromatic rings. The number of rotatable bonds is 7. The number of hydrogen-bond donors (Lipinski definition) is 1. The maximum atomic E-state index is 11.3. The first kappa shape index (κ1) is 15.0. The van der Waals surface area contributed by atoms with Crippen LogP contribution in [0.1, 0.15) is 38.4 Å². The Labute approximate surface area is 111 Å². The van der Waals surface area contributed by atoms with Crippen molar-refractivity contribution in [3.05, 3.63) is 11.7 Å². The van der Waals surface area contributed by atoms with Gasteiger partial charge in [-0.25, -0.2) is 0 Å². The molecule has 1 atom stereocenters. The van der Waals surface area contributed by atoms with Gasteiger partial charge in [-0.1, -0.05) is 19.0 Å². The first-order valence-electron chi connectivity index (χ1n) is 5.87. The van der Waals surface area contributed by atoms with Crippen molar-refractivity contribution in [1.29, 1.82) is 0 Å². The second-order valence-electron chi connectivity index (χ2n) is 4.07. The molecule has 0 saturated carbocycles. The van der Waals surface area contributed by atoms with E-state index in [1.54, 1.807) is 6.92 Å². The highest BCUT2D eigenvalue weighted by atomic mass is 32.2. The molecular formula is C11H19N3O3S. The largest absolute Gasteiger partial charge is 0.465 e. The lowest BCUT2D eigenvalue weighted by Crippen LogP contribution is -2.34. The van der Waals surface area contributed by atoms with Crippen LogP contribution in [0.15, 0.2) is 4.52 Å². The Morgan fingerprint density at radius 1 is 1.56 bits per heavy atom. The molecule has 0 bridgehead atoms. The van der Waals surface area contributed by atoms with E-state index in [4.69, 9.17) is 15.0 Å². The second kappa shape index (κ2) is 7.38. The quantitative estimate of drug-likeness (QED) is 0.749. The number of nitrogens with two attached hydrogens (primary N) is 1. The Bertz CT molecular complexity index is 381. The van der Waals surface area contributed by atoms with Crippen molar-refractivity contribution in [2.45, 2.75) is 38.5 Å². The SMILES string of the molecule is CCOC(=O)C(N)CSCc1nc(C(C)C)no1. The number of nitrogens with zero attached hydrogens (tertiary/aromatic N) is 2. The standard InChI is InChI=1S/C11H19N3O3S/c1-4-16-11(15)8(12)5-18-6-9-13-10(7(2)3)14-17-9/h7-8H,4-6,12H2,1-3H3. The summed E-state index contributed by atoms with van der Waals surface area (Å²) in [7, 11) is 0. The first-order valence-corrected chi connectivity index (χ1v) is 7.02. The van der Waals surface area contributed by atoms with Gasteiger partial charge in [-0.05, 0) is 6.92 Å². The summed E-state index contributed by atoms with van der Waals surface area (Å²) in [6.07, 6.45) is 0. The average molecular weight is 273 g/mol. The fourth-order valence-corrected chi connectivity index (χ4v) is 1.95. The van der Waals surface area contributed by atoms with Crippen LogP contribution in [0.5, 0.6) is 0 Å². The first-order chi connectivity index (χ1) is 8.54. The van der Waals surface area contributed by atoms with Gasteiger partial charge in [0.25, 0.3) is 0 Å². The number of carbonyl (C=O) groups excluding carboxylic acids is 1. The van der Waals surface area contributed by atoms with Crippen molar-refractivity contribution in [3.8, 4) is 0 Å². The Morgan fingerprint density at radius 2 is 2.28 bits per heavy atom. The summed E-state index contributed by atoms with van der Waals surface area (Å²) in [5.74, 6) is 2.14. The number of ether oxygens (including phenoxy) is 1. The molecule has 0 fully saturated rings. The van der Waals surface area contributed by atoms with Crippen molar-refractivity contribution in [1.82, 2.24) is 10.1 Å². The minimum Gasteiger partial charge on any atom is -0.465 e. The molecule has 7 heteroatoms. The van der Waals surface area contributed by atoms with Crippen molar-refractivity contribution in [2.75, 3.05) is 12.4 Å². The topological polar surface area (TPSA) is 91.2 Å². The second-order valence-corrected chi connectivity index (χ2v) is 5.10. The van der Waals surface area contributed by atoms with Crippen LogP contribution in [-0.4, -0.2) is 34.5 Å². The number of thioether (sulfide) groups is 1. The van der Waals surface area contributed by atoms with E-state index in [-0.39, 0.29) is 11.9 Å². The van der Waals surface area contributed by atoms with Crippen LogP contribution in [0.25, 0.3) is 0 Å². The van der Waals surface area contributed by atoms with Crippen LogP contribution < -0.4 is 5.73 Å². The average Bonchev–Trinajstić information content (AvgIpc) is 2.78. The lowest BCUT2D eigenvalue weighted by molar-refractivity contribution is -0.144. The Hall–Kier alpha value is -1.08. The molecule has 0 radical (unpaired) electrons. The predicted octanol–water partition coefficient (Wildman–Crippen LogP) is 1.32. The molecule has 1 unspecified atom stereocenters. The van der Waals surface area contributed by atoms with E-state index in [2.05, 4.69) is 10.1 Å². The predicted molar refractivity (Wildman–Crippen MR) is 69.2 cm³/mol. The molecular weight excluding hydrogens is 254 g/mol. The van der Waals surface area contributed by atoms with E-state index in [0.29, 0.717) is 29.8 Å². The minimum atomic E-state index is -0.609. The third-order valence-corrected chi connectivity index (χ3v) is 3.16. The third-order valence-electron chi connectivity index (χ3n) is 2.11. The summed E-state index contributed by atoms with van der Waals surface area (Å²) in [6, 6.07) is -0.609. The van der Waals surface area contributed by atoms with Crippen molar-refractivity contribution in [2.24, 2.45) is 5.73 Å². The smallest absolute Gasteiger partial charge is 0.323 e. The van der Waals surface area contributed by atoms with E-state index in [9.17, 15) is 4.79 Å². The van der Waals surface area contributed by atoms with Crippen molar-refractivity contribution >= 4 is 17.7 Å². The van der Waals surface area contributed by atoms with E-state index in [1.165, 1.54) is 11.8 Å². The van der Waals surface area contributed by atoms with Gasteiger partial charge in [0, 0.05) is 11.7 Å². The molecule has 2 N–H and O–H groups in total. The zero-order valence-electron chi connectivity index (χ0n) is 10.9. The Morgan fingerprint density at radius 3 is 2.83 bits per heavy atom. The highest BCUT2D eigenvalue weighted by Crippen LogP contribution is 2.15. The third kappa shape index (κ3) is 4.66. The number of carbonyl (C=O) groups is 1. The molecule has 0 aliphatic carbocycles. The summed E-state index contributed by atoms with van der Waals surface area (Å²) < 4.78 is 9.89. The molecule has 0 spiro atoms. The van der Waals surface area contributed by atoms with Crippen molar-refractivity contribution < 1.29 is 14.1 Å². The van der Waals surface area contributed by atoms with Gasteiger partial charge < -0.3 is 15.0 Å². The van der Waals surface area contributed by atoms with Gasteiger partial charge in [0.2, 0.25) is 5.89 Å². The maximum Gasteiger partial charge on any atom is 0.323 e. The molecule has 1 heterocycles. The molecule has 6 nitrogen and oxygen atoms in total. The Kier molecular flexibility index (Phi) is 6.14. The minimum absolute atomic E-state index is 0.245. The van der Waals surface area contributed by atoms with Gasteiger partial charge in [-0.3, -0.25) is 4.79 Å². The molecule has 0 aliphatic rings. The van der Waals surface area contributed by atoms with Gasteiger partial charge in [0.15, 0.2) is 5.82 Å². The lowest BCUT2D eigenvalue weighted by Gasteiger charge is -2.08. The Balaban J connectivity index is 2.30. The fraction of sp³-hybridized carbons (Fsp3) is 0.727. The molecule has 18 heavy (non-hydrogen) atoms. The molecule has 0 saturated heterocycles. The van der Waals surface area contributed by atoms with Crippen LogP contribution in [0.4, 0.5) is 0 Å². The molecule has 1 rings (SSSR count). The van der Waals surface area contributed by atoms with Crippen LogP contribution in [0.3, 0.4) is 0 Å². The summed E-state index contributed by atoms with van der Waals surface area (Å²) >= 11 is 1.47. The normalized spacial score (nSPS) is 12.7. The summed E-state index contributed by atoms with van der Waals surface area (Å²) in [5.41, 5.74) is 5.66.